The molecule has 1 saturated heterocycles. The van der Waals surface area contributed by atoms with Crippen molar-refractivity contribution >= 4 is 15.9 Å². The molecular weight excluding hydrogens is 280 g/mol. The van der Waals surface area contributed by atoms with Crippen LogP contribution in [0, 0.1) is 0 Å². The summed E-state index contributed by atoms with van der Waals surface area (Å²) in [7, 11) is -3.33. The molecule has 1 aromatic heterocycles. The zero-order valence-electron chi connectivity index (χ0n) is 11.5. The number of rotatable bonds is 6. The summed E-state index contributed by atoms with van der Waals surface area (Å²) < 4.78 is 25.6. The first-order chi connectivity index (χ1) is 9.54. The molecule has 1 unspecified atom stereocenters. The van der Waals surface area contributed by atoms with Gasteiger partial charge in [-0.15, -0.1) is 0 Å². The number of hydrogen-bond acceptors (Lipinski definition) is 4. The van der Waals surface area contributed by atoms with E-state index in [-0.39, 0.29) is 18.2 Å². The summed E-state index contributed by atoms with van der Waals surface area (Å²) in [5.41, 5.74) is 0. The first-order valence-corrected chi connectivity index (χ1v) is 8.41. The molecule has 0 saturated carbocycles. The minimum absolute atomic E-state index is 0.0922. The van der Waals surface area contributed by atoms with Gasteiger partial charge in [0.25, 0.3) is 0 Å². The van der Waals surface area contributed by atoms with Gasteiger partial charge in [0.1, 0.15) is 11.9 Å². The largest absolute Gasteiger partial charge is 0.347 e. The number of carbonyl (C=O) groups excluding carboxylic acids is 1. The summed E-state index contributed by atoms with van der Waals surface area (Å²) in [6.07, 6.45) is 5.14. The number of nitrogens with one attached hydrogen (secondary N) is 2. The van der Waals surface area contributed by atoms with Crippen LogP contribution < -0.4 is 5.32 Å². The van der Waals surface area contributed by atoms with E-state index in [1.165, 1.54) is 4.31 Å². The van der Waals surface area contributed by atoms with E-state index in [0.29, 0.717) is 25.2 Å². The van der Waals surface area contributed by atoms with E-state index >= 15 is 0 Å². The second-order valence-electron chi connectivity index (χ2n) is 4.84. The molecule has 2 rings (SSSR count). The number of aromatic nitrogens is 2. The van der Waals surface area contributed by atoms with Crippen molar-refractivity contribution in [1.29, 1.82) is 0 Å². The lowest BCUT2D eigenvalue weighted by molar-refractivity contribution is -0.124. The Bertz CT molecular complexity index is 541. The molecule has 2 N–H and O–H groups in total. The summed E-state index contributed by atoms with van der Waals surface area (Å²) in [4.78, 5) is 19.0. The molecule has 20 heavy (non-hydrogen) atoms. The number of imidazole rings is 1. The molecule has 0 aliphatic carbocycles. The van der Waals surface area contributed by atoms with Gasteiger partial charge < -0.3 is 10.3 Å². The molecule has 0 radical (unpaired) electrons. The molecule has 0 aromatic carbocycles. The number of sulfonamides is 1. The van der Waals surface area contributed by atoms with Crippen LogP contribution in [-0.4, -0.2) is 46.9 Å². The van der Waals surface area contributed by atoms with Crippen LogP contribution in [0.3, 0.4) is 0 Å². The fourth-order valence-electron chi connectivity index (χ4n) is 2.39. The third-order valence-electron chi connectivity index (χ3n) is 3.31. The van der Waals surface area contributed by atoms with Crippen LogP contribution in [0.1, 0.15) is 32.0 Å². The fraction of sp³-hybridized carbons (Fsp3) is 0.667. The highest BCUT2D eigenvalue weighted by molar-refractivity contribution is 7.89. The molecule has 8 heteroatoms. The molecule has 1 aromatic rings. The number of hydrogen-bond donors (Lipinski definition) is 2. The number of amides is 1. The fourth-order valence-corrected chi connectivity index (χ4v) is 4.14. The number of aromatic amines is 1. The van der Waals surface area contributed by atoms with Crippen LogP contribution in [0.2, 0.25) is 0 Å². The molecule has 7 nitrogen and oxygen atoms in total. The van der Waals surface area contributed by atoms with E-state index in [1.807, 2.05) is 6.92 Å². The Morgan fingerprint density at radius 3 is 3.05 bits per heavy atom. The maximum absolute atomic E-state index is 12.1. The van der Waals surface area contributed by atoms with Gasteiger partial charge >= 0.3 is 0 Å². The zero-order valence-corrected chi connectivity index (χ0v) is 12.3. The van der Waals surface area contributed by atoms with Crippen LogP contribution in [0.4, 0.5) is 0 Å². The SMILES string of the molecule is CCCS(=O)(=O)N1CCCC1C(=O)NCc1ncc[nH]1. The van der Waals surface area contributed by atoms with Crippen molar-refractivity contribution in [1.82, 2.24) is 19.6 Å². The summed E-state index contributed by atoms with van der Waals surface area (Å²) in [6, 6.07) is -0.582. The first kappa shape index (κ1) is 15.0. The van der Waals surface area contributed by atoms with Gasteiger partial charge in [0.15, 0.2) is 0 Å². The maximum Gasteiger partial charge on any atom is 0.238 e. The Hall–Kier alpha value is -1.41. The van der Waals surface area contributed by atoms with Crippen molar-refractivity contribution in [2.45, 2.75) is 38.8 Å². The highest BCUT2D eigenvalue weighted by atomic mass is 32.2. The number of H-pyrrole nitrogens is 1. The van der Waals surface area contributed by atoms with E-state index in [4.69, 9.17) is 0 Å². The number of carbonyl (C=O) groups is 1. The lowest BCUT2D eigenvalue weighted by Crippen LogP contribution is -2.46. The zero-order chi connectivity index (χ0) is 14.6. The van der Waals surface area contributed by atoms with Crippen molar-refractivity contribution in [2.24, 2.45) is 0 Å². The van der Waals surface area contributed by atoms with Crippen LogP contribution in [0.25, 0.3) is 0 Å². The van der Waals surface area contributed by atoms with E-state index in [1.54, 1.807) is 12.4 Å². The monoisotopic (exact) mass is 300 g/mol. The van der Waals surface area contributed by atoms with Crippen molar-refractivity contribution in [3.8, 4) is 0 Å². The topological polar surface area (TPSA) is 95.2 Å². The number of nitrogens with zero attached hydrogens (tertiary/aromatic N) is 2. The summed E-state index contributed by atoms with van der Waals surface area (Å²) in [5.74, 6) is 0.493. The Kier molecular flexibility index (Phi) is 4.77. The van der Waals surface area contributed by atoms with Crippen LogP contribution in [0.15, 0.2) is 12.4 Å². The highest BCUT2D eigenvalue weighted by Crippen LogP contribution is 2.22. The predicted octanol–water partition coefficient (Wildman–Crippen LogP) is 0.230. The molecule has 1 aliphatic heterocycles. The van der Waals surface area contributed by atoms with Crippen molar-refractivity contribution in [3.05, 3.63) is 18.2 Å². The van der Waals surface area contributed by atoms with Crippen molar-refractivity contribution in [2.75, 3.05) is 12.3 Å². The highest BCUT2D eigenvalue weighted by Gasteiger charge is 2.37. The van der Waals surface area contributed by atoms with Gasteiger partial charge in [0.05, 0.1) is 12.3 Å². The maximum atomic E-state index is 12.1. The van der Waals surface area contributed by atoms with E-state index in [2.05, 4.69) is 15.3 Å². The van der Waals surface area contributed by atoms with Crippen molar-refractivity contribution in [3.63, 3.8) is 0 Å². The van der Waals surface area contributed by atoms with Crippen LogP contribution in [0.5, 0.6) is 0 Å². The predicted molar refractivity (Wildman–Crippen MR) is 74.2 cm³/mol. The minimum Gasteiger partial charge on any atom is -0.347 e. The third kappa shape index (κ3) is 3.37. The average Bonchev–Trinajstić information content (AvgIpc) is 3.07. The summed E-state index contributed by atoms with van der Waals surface area (Å²) in [5, 5.41) is 2.73. The molecule has 112 valence electrons. The van der Waals surface area contributed by atoms with Crippen LogP contribution >= 0.6 is 0 Å². The van der Waals surface area contributed by atoms with Gasteiger partial charge in [-0.2, -0.15) is 4.31 Å². The first-order valence-electron chi connectivity index (χ1n) is 6.80. The molecular formula is C12H20N4O3S. The molecule has 1 amide bonds. The van der Waals surface area contributed by atoms with Crippen molar-refractivity contribution < 1.29 is 13.2 Å². The van der Waals surface area contributed by atoms with Crippen LogP contribution in [-0.2, 0) is 21.4 Å². The second kappa shape index (κ2) is 6.36. The molecule has 1 atom stereocenters. The molecule has 0 bridgehead atoms. The normalized spacial score (nSPS) is 20.1. The molecule has 1 aliphatic rings. The Labute approximate surface area is 118 Å². The smallest absolute Gasteiger partial charge is 0.238 e. The second-order valence-corrected chi connectivity index (χ2v) is 6.88. The van der Waals surface area contributed by atoms with Gasteiger partial charge in [0, 0.05) is 18.9 Å². The Balaban J connectivity index is 1.98. The van der Waals surface area contributed by atoms with Gasteiger partial charge in [-0.3, -0.25) is 4.79 Å². The lowest BCUT2D eigenvalue weighted by Gasteiger charge is -2.22. The lowest BCUT2D eigenvalue weighted by atomic mass is 10.2. The van der Waals surface area contributed by atoms with Gasteiger partial charge in [0.2, 0.25) is 15.9 Å². The third-order valence-corrected chi connectivity index (χ3v) is 5.39. The summed E-state index contributed by atoms with van der Waals surface area (Å²) >= 11 is 0. The molecule has 1 fully saturated rings. The molecule has 2 heterocycles. The van der Waals surface area contributed by atoms with Gasteiger partial charge in [-0.25, -0.2) is 13.4 Å². The van der Waals surface area contributed by atoms with Gasteiger partial charge in [-0.05, 0) is 19.3 Å². The minimum atomic E-state index is -3.33. The van der Waals surface area contributed by atoms with E-state index < -0.39 is 16.1 Å². The Morgan fingerprint density at radius 1 is 1.60 bits per heavy atom. The summed E-state index contributed by atoms with van der Waals surface area (Å²) in [6.45, 7) is 2.53. The molecule has 0 spiro atoms. The van der Waals surface area contributed by atoms with E-state index in [9.17, 15) is 13.2 Å². The quantitative estimate of drug-likeness (QED) is 0.786. The van der Waals surface area contributed by atoms with E-state index in [0.717, 1.165) is 6.42 Å². The standard InChI is InChI=1S/C12H20N4O3S/c1-2-8-20(18,19)16-7-3-4-10(16)12(17)15-9-11-13-5-6-14-11/h5-6,10H,2-4,7-9H2,1H3,(H,13,14)(H,15,17). The average molecular weight is 300 g/mol. The van der Waals surface area contributed by atoms with Gasteiger partial charge in [-0.1, -0.05) is 6.92 Å². The Morgan fingerprint density at radius 2 is 2.40 bits per heavy atom.